The number of anilines is 4. The molecular formula is C17H17N5O. The van der Waals surface area contributed by atoms with E-state index in [-0.39, 0.29) is 5.75 Å². The zero-order valence-electron chi connectivity index (χ0n) is 12.9. The molecule has 116 valence electrons. The third-order valence-corrected chi connectivity index (χ3v) is 3.12. The normalized spacial score (nSPS) is 10.3. The highest BCUT2D eigenvalue weighted by Crippen LogP contribution is 2.20. The van der Waals surface area contributed by atoms with E-state index in [4.69, 9.17) is 0 Å². The van der Waals surface area contributed by atoms with E-state index in [0.717, 1.165) is 11.3 Å². The number of hydrogen-bond acceptors (Lipinski definition) is 6. The molecule has 6 heteroatoms. The summed E-state index contributed by atoms with van der Waals surface area (Å²) in [5.74, 6) is 1.65. The van der Waals surface area contributed by atoms with E-state index in [1.54, 1.807) is 25.1 Å². The number of phenolic OH excluding ortho intramolecular Hbond substituents is 1. The summed E-state index contributed by atoms with van der Waals surface area (Å²) in [7, 11) is 0. The second-order valence-electron chi connectivity index (χ2n) is 5.20. The third kappa shape index (κ3) is 3.94. The van der Waals surface area contributed by atoms with Gasteiger partial charge in [-0.1, -0.05) is 18.2 Å². The van der Waals surface area contributed by atoms with Gasteiger partial charge in [-0.2, -0.15) is 15.0 Å². The van der Waals surface area contributed by atoms with Gasteiger partial charge in [0.1, 0.15) is 11.6 Å². The van der Waals surface area contributed by atoms with Crippen LogP contribution in [0.15, 0.2) is 48.5 Å². The van der Waals surface area contributed by atoms with Crippen LogP contribution in [0.5, 0.6) is 5.75 Å². The van der Waals surface area contributed by atoms with E-state index in [1.165, 1.54) is 0 Å². The minimum Gasteiger partial charge on any atom is -0.508 e. The number of nitrogens with one attached hydrogen (secondary N) is 2. The van der Waals surface area contributed by atoms with Gasteiger partial charge in [0.2, 0.25) is 11.9 Å². The van der Waals surface area contributed by atoms with Gasteiger partial charge in [-0.15, -0.1) is 0 Å². The maximum atomic E-state index is 9.52. The molecule has 0 unspecified atom stereocenters. The number of benzene rings is 2. The molecule has 0 atom stereocenters. The lowest BCUT2D eigenvalue weighted by atomic mass is 10.2. The van der Waals surface area contributed by atoms with Gasteiger partial charge in [0.25, 0.3) is 0 Å². The van der Waals surface area contributed by atoms with Crippen molar-refractivity contribution in [1.82, 2.24) is 15.0 Å². The Morgan fingerprint density at radius 1 is 0.783 bits per heavy atom. The Hall–Kier alpha value is -3.15. The fourth-order valence-electron chi connectivity index (χ4n) is 2.16. The van der Waals surface area contributed by atoms with Gasteiger partial charge >= 0.3 is 0 Å². The molecule has 0 saturated heterocycles. The zero-order chi connectivity index (χ0) is 16.2. The van der Waals surface area contributed by atoms with Crippen molar-refractivity contribution in [3.63, 3.8) is 0 Å². The standard InChI is InChI=1S/C17H17N5O/c1-11-5-3-6-13(9-11)20-16-18-12(2)19-17(22-16)21-14-7-4-8-15(23)10-14/h3-10,23H,1-2H3,(H2,18,19,20,21,22). The van der Waals surface area contributed by atoms with Crippen molar-refractivity contribution in [2.45, 2.75) is 13.8 Å². The van der Waals surface area contributed by atoms with Crippen LogP contribution in [0.4, 0.5) is 23.3 Å². The molecule has 0 aliphatic carbocycles. The van der Waals surface area contributed by atoms with Crippen LogP contribution in [0.25, 0.3) is 0 Å². The van der Waals surface area contributed by atoms with Gasteiger partial charge < -0.3 is 15.7 Å². The van der Waals surface area contributed by atoms with Crippen LogP contribution >= 0.6 is 0 Å². The molecule has 0 amide bonds. The molecule has 0 bridgehead atoms. The molecule has 3 rings (SSSR count). The molecule has 0 aliphatic heterocycles. The molecule has 0 aliphatic rings. The van der Waals surface area contributed by atoms with Gasteiger partial charge in [0.15, 0.2) is 0 Å². The van der Waals surface area contributed by atoms with E-state index in [0.29, 0.717) is 23.4 Å². The average molecular weight is 307 g/mol. The maximum absolute atomic E-state index is 9.52. The zero-order valence-corrected chi connectivity index (χ0v) is 12.9. The Labute approximate surface area is 134 Å². The van der Waals surface area contributed by atoms with Crippen LogP contribution in [-0.4, -0.2) is 20.1 Å². The largest absolute Gasteiger partial charge is 0.508 e. The predicted molar refractivity (Wildman–Crippen MR) is 90.4 cm³/mol. The van der Waals surface area contributed by atoms with Gasteiger partial charge in [0, 0.05) is 17.4 Å². The minimum atomic E-state index is 0.180. The first-order valence-electron chi connectivity index (χ1n) is 7.21. The van der Waals surface area contributed by atoms with E-state index in [1.807, 2.05) is 37.3 Å². The van der Waals surface area contributed by atoms with Gasteiger partial charge in [-0.3, -0.25) is 0 Å². The summed E-state index contributed by atoms with van der Waals surface area (Å²) < 4.78 is 0. The lowest BCUT2D eigenvalue weighted by Gasteiger charge is -2.09. The van der Waals surface area contributed by atoms with Crippen molar-refractivity contribution < 1.29 is 5.11 Å². The van der Waals surface area contributed by atoms with Crippen molar-refractivity contribution >= 4 is 23.3 Å². The third-order valence-electron chi connectivity index (χ3n) is 3.12. The fourth-order valence-corrected chi connectivity index (χ4v) is 2.16. The second-order valence-corrected chi connectivity index (χ2v) is 5.20. The highest BCUT2D eigenvalue weighted by Gasteiger charge is 2.05. The van der Waals surface area contributed by atoms with Crippen LogP contribution < -0.4 is 10.6 Å². The number of aryl methyl sites for hydroxylation is 2. The quantitative estimate of drug-likeness (QED) is 0.682. The molecule has 2 aromatic carbocycles. The number of aromatic nitrogens is 3. The summed E-state index contributed by atoms with van der Waals surface area (Å²) in [6.07, 6.45) is 0. The molecule has 0 radical (unpaired) electrons. The Kier molecular flexibility index (Phi) is 4.05. The Morgan fingerprint density at radius 3 is 2.00 bits per heavy atom. The molecule has 3 aromatic rings. The Morgan fingerprint density at radius 2 is 1.39 bits per heavy atom. The topological polar surface area (TPSA) is 83.0 Å². The van der Waals surface area contributed by atoms with Crippen molar-refractivity contribution in [1.29, 1.82) is 0 Å². The van der Waals surface area contributed by atoms with Crippen LogP contribution in [0, 0.1) is 13.8 Å². The van der Waals surface area contributed by atoms with Crippen LogP contribution in [0.1, 0.15) is 11.4 Å². The predicted octanol–water partition coefficient (Wildman–Crippen LogP) is 3.68. The summed E-state index contributed by atoms with van der Waals surface area (Å²) in [5, 5.41) is 15.7. The summed E-state index contributed by atoms with van der Waals surface area (Å²) >= 11 is 0. The summed E-state index contributed by atoms with van der Waals surface area (Å²) in [4.78, 5) is 12.9. The lowest BCUT2D eigenvalue weighted by Crippen LogP contribution is -2.05. The highest BCUT2D eigenvalue weighted by atomic mass is 16.3. The van der Waals surface area contributed by atoms with E-state index < -0.39 is 0 Å². The van der Waals surface area contributed by atoms with Gasteiger partial charge in [0.05, 0.1) is 0 Å². The second kappa shape index (κ2) is 6.31. The van der Waals surface area contributed by atoms with Crippen molar-refractivity contribution in [3.8, 4) is 5.75 Å². The molecule has 6 nitrogen and oxygen atoms in total. The maximum Gasteiger partial charge on any atom is 0.232 e. The Bertz CT molecular complexity index is 769. The first-order valence-corrected chi connectivity index (χ1v) is 7.21. The monoisotopic (exact) mass is 307 g/mol. The van der Waals surface area contributed by atoms with E-state index in [2.05, 4.69) is 25.6 Å². The number of rotatable bonds is 4. The minimum absolute atomic E-state index is 0.180. The first-order chi connectivity index (χ1) is 11.1. The number of phenols is 1. The van der Waals surface area contributed by atoms with Crippen molar-refractivity contribution in [3.05, 3.63) is 59.9 Å². The highest BCUT2D eigenvalue weighted by molar-refractivity contribution is 5.58. The average Bonchev–Trinajstić information content (AvgIpc) is 2.46. The molecule has 23 heavy (non-hydrogen) atoms. The summed E-state index contributed by atoms with van der Waals surface area (Å²) in [6.45, 7) is 3.83. The van der Waals surface area contributed by atoms with E-state index in [9.17, 15) is 5.11 Å². The first kappa shape index (κ1) is 14.8. The van der Waals surface area contributed by atoms with Crippen molar-refractivity contribution in [2.75, 3.05) is 10.6 Å². The molecule has 0 spiro atoms. The van der Waals surface area contributed by atoms with Gasteiger partial charge in [-0.05, 0) is 43.7 Å². The van der Waals surface area contributed by atoms with E-state index >= 15 is 0 Å². The van der Waals surface area contributed by atoms with Gasteiger partial charge in [-0.25, -0.2) is 0 Å². The molecule has 0 fully saturated rings. The molecular weight excluding hydrogens is 290 g/mol. The molecule has 1 heterocycles. The van der Waals surface area contributed by atoms with Crippen molar-refractivity contribution in [2.24, 2.45) is 0 Å². The fraction of sp³-hybridized carbons (Fsp3) is 0.118. The molecule has 0 saturated carbocycles. The number of nitrogens with zero attached hydrogens (tertiary/aromatic N) is 3. The molecule has 1 aromatic heterocycles. The van der Waals surface area contributed by atoms with Crippen LogP contribution in [0.3, 0.4) is 0 Å². The summed E-state index contributed by atoms with van der Waals surface area (Å²) in [5.41, 5.74) is 2.77. The van der Waals surface area contributed by atoms with Crippen LogP contribution in [-0.2, 0) is 0 Å². The molecule has 3 N–H and O–H groups in total. The SMILES string of the molecule is Cc1cccc(Nc2nc(C)nc(Nc3cccc(O)c3)n2)c1. The number of hydrogen-bond donors (Lipinski definition) is 3. The Balaban J connectivity index is 1.84. The lowest BCUT2D eigenvalue weighted by molar-refractivity contribution is 0.475. The van der Waals surface area contributed by atoms with Crippen LogP contribution in [0.2, 0.25) is 0 Å². The smallest absolute Gasteiger partial charge is 0.232 e. The number of aromatic hydroxyl groups is 1. The summed E-state index contributed by atoms with van der Waals surface area (Å²) in [6, 6.07) is 14.7.